The summed E-state index contributed by atoms with van der Waals surface area (Å²) in [4.78, 5) is 11.7. The van der Waals surface area contributed by atoms with Crippen LogP contribution in [0.15, 0.2) is 36.5 Å². The van der Waals surface area contributed by atoms with Crippen molar-refractivity contribution in [2.75, 3.05) is 6.54 Å². The van der Waals surface area contributed by atoms with Crippen molar-refractivity contribution in [3.05, 3.63) is 53.3 Å². The Morgan fingerprint density at radius 2 is 1.78 bits per heavy atom. The number of hydrogen-bond acceptors (Lipinski definition) is 3. The van der Waals surface area contributed by atoms with E-state index in [0.29, 0.717) is 25.9 Å². The SMILES string of the molecule is CCC(CC)(CNCc1cn(Cc2ccccc2)nc1C(C)(C)C)C(=O)O. The maximum Gasteiger partial charge on any atom is 0.310 e. The van der Waals surface area contributed by atoms with Crippen LogP contribution < -0.4 is 5.32 Å². The fourth-order valence-corrected chi connectivity index (χ4v) is 3.39. The molecule has 0 bridgehead atoms. The quantitative estimate of drug-likeness (QED) is 0.693. The number of hydrogen-bond donors (Lipinski definition) is 2. The van der Waals surface area contributed by atoms with Crippen molar-refractivity contribution in [3.8, 4) is 0 Å². The van der Waals surface area contributed by atoms with Gasteiger partial charge in [-0.2, -0.15) is 5.10 Å². The van der Waals surface area contributed by atoms with Gasteiger partial charge in [-0.05, 0) is 18.4 Å². The highest BCUT2D eigenvalue weighted by atomic mass is 16.4. The van der Waals surface area contributed by atoms with E-state index in [2.05, 4.69) is 44.4 Å². The maximum absolute atomic E-state index is 11.7. The number of aliphatic carboxylic acids is 1. The Labute approximate surface area is 162 Å². The second-order valence-electron chi connectivity index (χ2n) is 8.33. The molecule has 2 rings (SSSR count). The van der Waals surface area contributed by atoms with Gasteiger partial charge in [-0.15, -0.1) is 0 Å². The number of rotatable bonds is 9. The highest BCUT2D eigenvalue weighted by molar-refractivity contribution is 5.74. The molecule has 1 heterocycles. The van der Waals surface area contributed by atoms with Gasteiger partial charge in [-0.1, -0.05) is 65.0 Å². The number of carboxylic acids is 1. The van der Waals surface area contributed by atoms with E-state index in [9.17, 15) is 9.90 Å². The zero-order valence-corrected chi connectivity index (χ0v) is 17.2. The van der Waals surface area contributed by atoms with Crippen molar-refractivity contribution in [2.45, 2.75) is 66.0 Å². The molecule has 0 aliphatic heterocycles. The largest absolute Gasteiger partial charge is 0.481 e. The zero-order valence-electron chi connectivity index (χ0n) is 17.2. The summed E-state index contributed by atoms with van der Waals surface area (Å²) >= 11 is 0. The summed E-state index contributed by atoms with van der Waals surface area (Å²) in [7, 11) is 0. The molecule has 0 spiro atoms. The minimum Gasteiger partial charge on any atom is -0.481 e. The van der Waals surface area contributed by atoms with Gasteiger partial charge < -0.3 is 10.4 Å². The molecule has 1 aromatic heterocycles. The van der Waals surface area contributed by atoms with Crippen LogP contribution in [0.2, 0.25) is 0 Å². The predicted molar refractivity (Wildman–Crippen MR) is 109 cm³/mol. The van der Waals surface area contributed by atoms with E-state index < -0.39 is 11.4 Å². The molecule has 0 aliphatic carbocycles. The molecule has 0 unspecified atom stereocenters. The number of aromatic nitrogens is 2. The van der Waals surface area contributed by atoms with Gasteiger partial charge in [0.15, 0.2) is 0 Å². The summed E-state index contributed by atoms with van der Waals surface area (Å²) in [5.74, 6) is -0.726. The highest BCUT2D eigenvalue weighted by Gasteiger charge is 2.34. The fourth-order valence-electron chi connectivity index (χ4n) is 3.39. The highest BCUT2D eigenvalue weighted by Crippen LogP contribution is 2.27. The molecule has 1 aromatic carbocycles. The van der Waals surface area contributed by atoms with Gasteiger partial charge >= 0.3 is 5.97 Å². The molecule has 0 amide bonds. The van der Waals surface area contributed by atoms with E-state index in [1.807, 2.05) is 36.7 Å². The molecule has 0 saturated heterocycles. The summed E-state index contributed by atoms with van der Waals surface area (Å²) < 4.78 is 1.98. The third-order valence-corrected chi connectivity index (χ3v) is 5.32. The topological polar surface area (TPSA) is 67.2 Å². The van der Waals surface area contributed by atoms with Crippen molar-refractivity contribution in [2.24, 2.45) is 5.41 Å². The van der Waals surface area contributed by atoms with Crippen LogP contribution >= 0.6 is 0 Å². The molecule has 0 saturated carbocycles. The van der Waals surface area contributed by atoms with E-state index in [4.69, 9.17) is 5.10 Å². The second-order valence-corrected chi connectivity index (χ2v) is 8.33. The third kappa shape index (κ3) is 5.19. The molecule has 27 heavy (non-hydrogen) atoms. The molecule has 2 N–H and O–H groups in total. The molecule has 2 aromatic rings. The van der Waals surface area contributed by atoms with Crippen LogP contribution in [0.25, 0.3) is 0 Å². The number of nitrogens with zero attached hydrogens (tertiary/aromatic N) is 2. The lowest BCUT2D eigenvalue weighted by Gasteiger charge is -2.27. The van der Waals surface area contributed by atoms with Gasteiger partial charge in [0.1, 0.15) is 0 Å². The van der Waals surface area contributed by atoms with Crippen LogP contribution in [0.3, 0.4) is 0 Å². The van der Waals surface area contributed by atoms with Gasteiger partial charge in [-0.3, -0.25) is 9.48 Å². The van der Waals surface area contributed by atoms with Crippen molar-refractivity contribution < 1.29 is 9.90 Å². The average Bonchev–Trinajstić information content (AvgIpc) is 3.02. The standard InChI is InChI=1S/C22H33N3O2/c1-6-22(7-2,20(26)27)16-23-13-18-15-25(24-19(18)21(3,4)5)14-17-11-9-8-10-12-17/h8-12,15,23H,6-7,13-14,16H2,1-5H3,(H,26,27). The average molecular weight is 372 g/mol. The minimum atomic E-state index is -0.726. The first kappa shape index (κ1) is 21.2. The van der Waals surface area contributed by atoms with Crippen molar-refractivity contribution in [3.63, 3.8) is 0 Å². The lowest BCUT2D eigenvalue weighted by Crippen LogP contribution is -2.40. The van der Waals surface area contributed by atoms with Gasteiger partial charge in [0.2, 0.25) is 0 Å². The molecule has 148 valence electrons. The van der Waals surface area contributed by atoms with Crippen LogP contribution in [-0.4, -0.2) is 27.4 Å². The Morgan fingerprint density at radius 1 is 1.15 bits per heavy atom. The van der Waals surface area contributed by atoms with E-state index >= 15 is 0 Å². The molecule has 0 fully saturated rings. The lowest BCUT2D eigenvalue weighted by atomic mass is 9.82. The minimum absolute atomic E-state index is 0.0711. The summed E-state index contributed by atoms with van der Waals surface area (Å²) in [6.45, 7) is 12.2. The van der Waals surface area contributed by atoms with E-state index in [0.717, 1.165) is 17.8 Å². The first-order valence-electron chi connectivity index (χ1n) is 9.76. The van der Waals surface area contributed by atoms with Crippen LogP contribution in [0.4, 0.5) is 0 Å². The van der Waals surface area contributed by atoms with Crippen LogP contribution in [0.5, 0.6) is 0 Å². The Bertz CT molecular complexity index is 741. The van der Waals surface area contributed by atoms with Crippen LogP contribution in [0.1, 0.15) is 64.3 Å². The van der Waals surface area contributed by atoms with Crippen molar-refractivity contribution in [1.82, 2.24) is 15.1 Å². The Balaban J connectivity index is 2.16. The maximum atomic E-state index is 11.7. The smallest absolute Gasteiger partial charge is 0.310 e. The lowest BCUT2D eigenvalue weighted by molar-refractivity contribution is -0.149. The molecule has 0 radical (unpaired) electrons. The molecule has 0 atom stereocenters. The summed E-state index contributed by atoms with van der Waals surface area (Å²) in [6.07, 6.45) is 3.32. The second kappa shape index (κ2) is 8.70. The first-order chi connectivity index (χ1) is 12.7. The number of carbonyl (C=O) groups is 1. The first-order valence-corrected chi connectivity index (χ1v) is 9.76. The summed E-state index contributed by atoms with van der Waals surface area (Å²) in [6, 6.07) is 10.3. The number of carboxylic acid groups (broad SMARTS) is 1. The van der Waals surface area contributed by atoms with Crippen LogP contribution in [-0.2, 0) is 23.3 Å². The fraction of sp³-hybridized carbons (Fsp3) is 0.545. The monoisotopic (exact) mass is 371 g/mol. The Hall–Kier alpha value is -2.14. The molecular weight excluding hydrogens is 338 g/mol. The van der Waals surface area contributed by atoms with E-state index in [-0.39, 0.29) is 5.41 Å². The van der Waals surface area contributed by atoms with Gasteiger partial charge in [0, 0.05) is 30.3 Å². The van der Waals surface area contributed by atoms with Gasteiger partial charge in [0.25, 0.3) is 0 Å². The number of nitrogens with one attached hydrogen (secondary N) is 1. The van der Waals surface area contributed by atoms with Gasteiger partial charge in [0.05, 0.1) is 17.7 Å². The van der Waals surface area contributed by atoms with E-state index in [1.54, 1.807) is 0 Å². The third-order valence-electron chi connectivity index (χ3n) is 5.32. The predicted octanol–water partition coefficient (Wildman–Crippen LogP) is 4.21. The van der Waals surface area contributed by atoms with E-state index in [1.165, 1.54) is 5.56 Å². The van der Waals surface area contributed by atoms with Crippen molar-refractivity contribution >= 4 is 5.97 Å². The normalized spacial score (nSPS) is 12.3. The molecular formula is C22H33N3O2. The van der Waals surface area contributed by atoms with Gasteiger partial charge in [-0.25, -0.2) is 0 Å². The molecule has 5 nitrogen and oxygen atoms in total. The molecule has 0 aliphatic rings. The zero-order chi connectivity index (χ0) is 20.1. The molecule has 5 heteroatoms. The summed E-state index contributed by atoms with van der Waals surface area (Å²) in [5.41, 5.74) is 2.62. The van der Waals surface area contributed by atoms with Crippen molar-refractivity contribution in [1.29, 1.82) is 0 Å². The van der Waals surface area contributed by atoms with Crippen LogP contribution in [0, 0.1) is 5.41 Å². The number of benzene rings is 1. The summed E-state index contributed by atoms with van der Waals surface area (Å²) in [5, 5.41) is 17.8. The Kier molecular flexibility index (Phi) is 6.82. The Morgan fingerprint density at radius 3 is 2.30 bits per heavy atom.